The van der Waals surface area contributed by atoms with Gasteiger partial charge < -0.3 is 20.3 Å². The van der Waals surface area contributed by atoms with Crippen LogP contribution >= 0.6 is 0 Å². The summed E-state index contributed by atoms with van der Waals surface area (Å²) in [6.45, 7) is 12.8. The largest absolute Gasteiger partial charge is 0.503 e. The number of hydrogen-bond acceptors (Lipinski definition) is 4. The fourth-order valence-corrected chi connectivity index (χ4v) is 3.32. The minimum Gasteiger partial charge on any atom is -0.503 e. The lowest BCUT2D eigenvalue weighted by Crippen LogP contribution is -2.22. The van der Waals surface area contributed by atoms with E-state index in [-0.39, 0.29) is 23.7 Å². The van der Waals surface area contributed by atoms with Crippen molar-refractivity contribution in [3.63, 3.8) is 0 Å². The van der Waals surface area contributed by atoms with Crippen molar-refractivity contribution in [3.05, 3.63) is 87.6 Å². The van der Waals surface area contributed by atoms with Crippen molar-refractivity contribution in [1.82, 2.24) is 15.2 Å². The maximum atomic E-state index is 14.5. The van der Waals surface area contributed by atoms with Gasteiger partial charge in [0.05, 0.1) is 11.3 Å². The summed E-state index contributed by atoms with van der Waals surface area (Å²) in [5.41, 5.74) is 2.34. The molecule has 6 heteroatoms. The zero-order valence-corrected chi connectivity index (χ0v) is 18.6. The van der Waals surface area contributed by atoms with Gasteiger partial charge in [-0.15, -0.1) is 0 Å². The Balaban J connectivity index is 2.22. The zero-order valence-electron chi connectivity index (χ0n) is 18.6. The third-order valence-electron chi connectivity index (χ3n) is 5.22. The van der Waals surface area contributed by atoms with Gasteiger partial charge in [-0.1, -0.05) is 37.4 Å². The second kappa shape index (κ2) is 11.3. The van der Waals surface area contributed by atoms with Crippen LogP contribution in [-0.2, 0) is 13.1 Å². The van der Waals surface area contributed by atoms with Gasteiger partial charge >= 0.3 is 0 Å². The van der Waals surface area contributed by atoms with Gasteiger partial charge in [-0.25, -0.2) is 4.39 Å². The third-order valence-corrected chi connectivity index (χ3v) is 5.22. The van der Waals surface area contributed by atoms with Gasteiger partial charge in [-0.05, 0) is 50.9 Å². The first-order valence-corrected chi connectivity index (χ1v) is 10.4. The van der Waals surface area contributed by atoms with Gasteiger partial charge in [0.25, 0.3) is 0 Å². The summed E-state index contributed by atoms with van der Waals surface area (Å²) in [6, 6.07) is 3.60. The highest BCUT2D eigenvalue weighted by Gasteiger charge is 2.16. The molecule has 0 aliphatic heterocycles. The van der Waals surface area contributed by atoms with E-state index < -0.39 is 5.43 Å². The van der Waals surface area contributed by atoms with E-state index in [9.17, 15) is 14.3 Å². The summed E-state index contributed by atoms with van der Waals surface area (Å²) >= 11 is 0. The number of aromatic hydroxyl groups is 1. The molecule has 3 N–H and O–H groups in total. The van der Waals surface area contributed by atoms with Crippen LogP contribution in [0.1, 0.15) is 40.8 Å². The molecule has 1 heterocycles. The summed E-state index contributed by atoms with van der Waals surface area (Å²) < 4.78 is 16.3. The van der Waals surface area contributed by atoms with Crippen molar-refractivity contribution >= 4 is 11.8 Å². The first-order chi connectivity index (χ1) is 14.8. The number of halogens is 1. The molecule has 0 amide bonds. The first-order valence-electron chi connectivity index (χ1n) is 10.4. The Hall–Kier alpha value is -3.12. The lowest BCUT2D eigenvalue weighted by atomic mass is 10.0. The van der Waals surface area contributed by atoms with Crippen LogP contribution in [0.25, 0.3) is 11.8 Å². The van der Waals surface area contributed by atoms with E-state index in [1.807, 2.05) is 20.0 Å². The Kier molecular flexibility index (Phi) is 8.82. The highest BCUT2D eigenvalue weighted by molar-refractivity contribution is 5.65. The SMILES string of the molecule is C=Cc1c(O)c(=O)c(C(=C)NCc2c(C)ccc(C)c2F)cn1CCC/C=C\CNC. The van der Waals surface area contributed by atoms with Crippen LogP contribution < -0.4 is 16.1 Å². The molecule has 2 rings (SSSR count). The second-order valence-electron chi connectivity index (χ2n) is 7.50. The molecule has 166 valence electrons. The topological polar surface area (TPSA) is 66.3 Å². The minimum atomic E-state index is -0.529. The average Bonchev–Trinajstić information content (AvgIpc) is 2.75. The Labute approximate surface area is 183 Å². The van der Waals surface area contributed by atoms with Crippen molar-refractivity contribution in [2.45, 2.75) is 39.8 Å². The summed E-state index contributed by atoms with van der Waals surface area (Å²) in [7, 11) is 1.89. The number of rotatable bonds is 11. The summed E-state index contributed by atoms with van der Waals surface area (Å²) in [5, 5.41) is 16.5. The van der Waals surface area contributed by atoms with E-state index in [0.29, 0.717) is 29.1 Å². The van der Waals surface area contributed by atoms with Crippen molar-refractivity contribution < 1.29 is 9.50 Å². The van der Waals surface area contributed by atoms with E-state index >= 15 is 0 Å². The van der Waals surface area contributed by atoms with E-state index in [2.05, 4.69) is 35.9 Å². The van der Waals surface area contributed by atoms with Crippen LogP contribution in [0.15, 0.2) is 48.4 Å². The number of aromatic nitrogens is 1. The summed E-state index contributed by atoms with van der Waals surface area (Å²) in [6.07, 6.45) is 8.99. The highest BCUT2D eigenvalue weighted by Crippen LogP contribution is 2.20. The van der Waals surface area contributed by atoms with E-state index in [1.165, 1.54) is 6.08 Å². The molecule has 31 heavy (non-hydrogen) atoms. The van der Waals surface area contributed by atoms with Crippen molar-refractivity contribution in [1.29, 1.82) is 0 Å². The molecule has 1 aromatic carbocycles. The van der Waals surface area contributed by atoms with E-state index in [0.717, 1.165) is 24.9 Å². The molecule has 2 aromatic rings. The molecular weight excluding hydrogens is 393 g/mol. The van der Waals surface area contributed by atoms with Crippen LogP contribution in [0, 0.1) is 19.7 Å². The van der Waals surface area contributed by atoms with Crippen molar-refractivity contribution in [3.8, 4) is 5.75 Å². The number of unbranched alkanes of at least 4 members (excludes halogenated alkanes) is 1. The number of nitrogens with one attached hydrogen (secondary N) is 2. The Morgan fingerprint density at radius 3 is 2.65 bits per heavy atom. The monoisotopic (exact) mass is 425 g/mol. The van der Waals surface area contributed by atoms with Crippen LogP contribution in [0.5, 0.6) is 5.75 Å². The number of likely N-dealkylation sites (N-methyl/N-ethyl adjacent to an activating group) is 1. The molecule has 0 aliphatic carbocycles. The first kappa shape index (κ1) is 24.2. The standard InChI is InChI=1S/C25H32FN3O2/c1-6-22-25(31)24(30)21(16-29(22)14-10-8-7-9-13-27-5)19(4)28-15-20-17(2)11-12-18(3)23(20)26/h6-7,9,11-12,16,27-28,31H,1,4,8,10,13-15H2,2-3,5H3/b9-7-. The van der Waals surface area contributed by atoms with Crippen LogP contribution in [-0.4, -0.2) is 23.3 Å². The molecule has 0 saturated carbocycles. The summed E-state index contributed by atoms with van der Waals surface area (Å²) in [4.78, 5) is 12.7. The predicted octanol–water partition coefficient (Wildman–Crippen LogP) is 4.27. The van der Waals surface area contributed by atoms with Gasteiger partial charge in [0, 0.05) is 37.1 Å². The molecule has 0 fully saturated rings. The van der Waals surface area contributed by atoms with Crippen LogP contribution in [0.3, 0.4) is 0 Å². The van der Waals surface area contributed by atoms with Gasteiger partial charge in [-0.2, -0.15) is 0 Å². The van der Waals surface area contributed by atoms with Crippen molar-refractivity contribution in [2.24, 2.45) is 0 Å². The highest BCUT2D eigenvalue weighted by atomic mass is 19.1. The van der Waals surface area contributed by atoms with Crippen LogP contribution in [0.4, 0.5) is 4.39 Å². The molecule has 1 aromatic heterocycles. The third kappa shape index (κ3) is 5.95. The van der Waals surface area contributed by atoms with E-state index in [4.69, 9.17) is 0 Å². The predicted molar refractivity (Wildman–Crippen MR) is 127 cm³/mol. The Bertz CT molecular complexity index is 1040. The molecule has 0 unspecified atom stereocenters. The normalized spacial score (nSPS) is 11.1. The molecule has 0 aliphatic rings. The molecule has 5 nitrogen and oxygen atoms in total. The average molecular weight is 426 g/mol. The Morgan fingerprint density at radius 1 is 1.26 bits per heavy atom. The number of aryl methyl sites for hydroxylation is 3. The number of hydrogen-bond donors (Lipinski definition) is 3. The minimum absolute atomic E-state index is 0.192. The smallest absolute Gasteiger partial charge is 0.233 e. The van der Waals surface area contributed by atoms with Gasteiger partial charge in [-0.3, -0.25) is 4.79 Å². The number of benzene rings is 1. The molecule has 0 atom stereocenters. The number of allylic oxidation sites excluding steroid dienone is 1. The maximum absolute atomic E-state index is 14.5. The number of pyridine rings is 1. The van der Waals surface area contributed by atoms with Gasteiger partial charge in [0.15, 0.2) is 5.75 Å². The van der Waals surface area contributed by atoms with Gasteiger partial charge in [0.2, 0.25) is 5.43 Å². The summed E-state index contributed by atoms with van der Waals surface area (Å²) in [5.74, 6) is -0.631. The molecule has 0 saturated heterocycles. The van der Waals surface area contributed by atoms with Gasteiger partial charge in [0.1, 0.15) is 5.82 Å². The quantitative estimate of drug-likeness (QED) is 0.372. The van der Waals surface area contributed by atoms with Crippen LogP contribution in [0.2, 0.25) is 0 Å². The zero-order chi connectivity index (χ0) is 23.0. The second-order valence-corrected chi connectivity index (χ2v) is 7.50. The lowest BCUT2D eigenvalue weighted by molar-refractivity contribution is 0.456. The molecule has 0 spiro atoms. The number of nitrogens with zero attached hydrogens (tertiary/aromatic N) is 1. The molecule has 0 radical (unpaired) electrons. The maximum Gasteiger partial charge on any atom is 0.233 e. The Morgan fingerprint density at radius 2 is 1.97 bits per heavy atom. The molecular formula is C25H32FN3O2. The van der Waals surface area contributed by atoms with Crippen molar-refractivity contribution in [2.75, 3.05) is 13.6 Å². The fraction of sp³-hybridized carbons (Fsp3) is 0.320. The van der Waals surface area contributed by atoms with E-state index in [1.54, 1.807) is 23.8 Å². The lowest BCUT2D eigenvalue weighted by Gasteiger charge is -2.17. The molecule has 0 bridgehead atoms. The fourth-order valence-electron chi connectivity index (χ4n) is 3.32.